The second kappa shape index (κ2) is 6.51. The van der Waals surface area contributed by atoms with Gasteiger partial charge in [0.15, 0.2) is 0 Å². The molecule has 0 aliphatic heterocycles. The molecule has 0 aromatic rings. The Bertz CT molecular complexity index is 269. The van der Waals surface area contributed by atoms with Gasteiger partial charge in [-0.1, -0.05) is 39.0 Å². The van der Waals surface area contributed by atoms with Gasteiger partial charge in [0.05, 0.1) is 0 Å². The summed E-state index contributed by atoms with van der Waals surface area (Å²) in [6.07, 6.45) is 5.62. The van der Waals surface area contributed by atoms with Gasteiger partial charge in [-0.25, -0.2) is 0 Å². The van der Waals surface area contributed by atoms with Crippen LogP contribution in [0.2, 0.25) is 0 Å². The predicted octanol–water partition coefficient (Wildman–Crippen LogP) is 3.88. The maximum atomic E-state index is 10.7. The molecule has 0 amide bonds. The maximum absolute atomic E-state index is 10.7. The summed E-state index contributed by atoms with van der Waals surface area (Å²) in [6, 6.07) is 0. The molecule has 0 aliphatic carbocycles. The van der Waals surface area contributed by atoms with E-state index in [9.17, 15) is 4.79 Å². The second-order valence-corrected chi connectivity index (χ2v) is 5.43. The number of hydrogen-bond acceptors (Lipinski definition) is 2. The smallest absolute Gasteiger partial charge is 0.303 e. The molecule has 0 aliphatic rings. The molecule has 0 N–H and O–H groups in total. The lowest BCUT2D eigenvalue weighted by molar-refractivity contribution is -0.143. The summed E-state index contributed by atoms with van der Waals surface area (Å²) < 4.78 is 4.98. The van der Waals surface area contributed by atoms with Gasteiger partial charge >= 0.3 is 5.97 Å². The standard InChI is InChI=1S/C14H24O2/c1-11(10-14(4,5)6)8-7-9-12(2)16-13(3)15/h7,9,12H,1,8,10H2,2-6H3/b9-7+. The molecule has 0 saturated heterocycles. The summed E-state index contributed by atoms with van der Waals surface area (Å²) in [5.74, 6) is -0.245. The van der Waals surface area contributed by atoms with E-state index in [1.54, 1.807) is 0 Å². The average Bonchev–Trinajstić information content (AvgIpc) is 1.98. The molecular weight excluding hydrogens is 200 g/mol. The minimum Gasteiger partial charge on any atom is -0.459 e. The molecule has 0 spiro atoms. The number of ether oxygens (including phenoxy) is 1. The van der Waals surface area contributed by atoms with Crippen LogP contribution in [-0.4, -0.2) is 12.1 Å². The lowest BCUT2D eigenvalue weighted by Crippen LogP contribution is -2.09. The van der Waals surface area contributed by atoms with Crippen LogP contribution in [0.15, 0.2) is 24.3 Å². The van der Waals surface area contributed by atoms with Gasteiger partial charge in [0.25, 0.3) is 0 Å². The van der Waals surface area contributed by atoms with Crippen molar-refractivity contribution in [2.75, 3.05) is 0 Å². The fourth-order valence-corrected chi connectivity index (χ4v) is 1.55. The number of allylic oxidation sites excluding steroid dienone is 2. The van der Waals surface area contributed by atoms with Crippen molar-refractivity contribution in [1.29, 1.82) is 0 Å². The molecule has 0 fully saturated rings. The van der Waals surface area contributed by atoms with Crippen LogP contribution in [0.5, 0.6) is 0 Å². The van der Waals surface area contributed by atoms with Gasteiger partial charge in [-0.2, -0.15) is 0 Å². The highest BCUT2D eigenvalue weighted by atomic mass is 16.5. The Morgan fingerprint density at radius 2 is 2.00 bits per heavy atom. The molecule has 0 bridgehead atoms. The lowest BCUT2D eigenvalue weighted by Gasteiger charge is -2.18. The fraction of sp³-hybridized carbons (Fsp3) is 0.643. The van der Waals surface area contributed by atoms with Gasteiger partial charge in [0.2, 0.25) is 0 Å². The van der Waals surface area contributed by atoms with Crippen molar-refractivity contribution >= 4 is 5.97 Å². The van der Waals surface area contributed by atoms with E-state index in [0.717, 1.165) is 12.8 Å². The summed E-state index contributed by atoms with van der Waals surface area (Å²) in [7, 11) is 0. The largest absolute Gasteiger partial charge is 0.459 e. The van der Waals surface area contributed by atoms with E-state index >= 15 is 0 Å². The van der Waals surface area contributed by atoms with E-state index in [1.807, 2.05) is 19.1 Å². The van der Waals surface area contributed by atoms with Crippen molar-refractivity contribution in [3.05, 3.63) is 24.3 Å². The number of carbonyl (C=O) groups is 1. The Morgan fingerprint density at radius 3 is 2.44 bits per heavy atom. The van der Waals surface area contributed by atoms with Gasteiger partial charge in [-0.15, -0.1) is 0 Å². The Morgan fingerprint density at radius 1 is 1.44 bits per heavy atom. The van der Waals surface area contributed by atoms with Crippen molar-refractivity contribution in [3.63, 3.8) is 0 Å². The van der Waals surface area contributed by atoms with E-state index < -0.39 is 0 Å². The normalized spacial score (nSPS) is 13.8. The van der Waals surface area contributed by atoms with Crippen LogP contribution in [0.4, 0.5) is 0 Å². The number of rotatable bonds is 5. The van der Waals surface area contributed by atoms with Gasteiger partial charge in [0, 0.05) is 6.92 Å². The van der Waals surface area contributed by atoms with Gasteiger partial charge in [0.1, 0.15) is 6.10 Å². The molecule has 92 valence electrons. The molecular formula is C14H24O2. The summed E-state index contributed by atoms with van der Waals surface area (Å²) in [5, 5.41) is 0. The van der Waals surface area contributed by atoms with E-state index in [4.69, 9.17) is 4.74 Å². The van der Waals surface area contributed by atoms with Crippen molar-refractivity contribution in [1.82, 2.24) is 0 Å². The van der Waals surface area contributed by atoms with Gasteiger partial charge in [-0.3, -0.25) is 4.79 Å². The van der Waals surface area contributed by atoms with Gasteiger partial charge in [-0.05, 0) is 31.3 Å². The molecule has 0 aromatic carbocycles. The van der Waals surface area contributed by atoms with E-state index in [0.29, 0.717) is 0 Å². The van der Waals surface area contributed by atoms with Crippen LogP contribution < -0.4 is 0 Å². The van der Waals surface area contributed by atoms with E-state index in [1.165, 1.54) is 12.5 Å². The van der Waals surface area contributed by atoms with Crippen LogP contribution in [-0.2, 0) is 9.53 Å². The zero-order chi connectivity index (χ0) is 12.8. The van der Waals surface area contributed by atoms with Crippen molar-refractivity contribution < 1.29 is 9.53 Å². The van der Waals surface area contributed by atoms with E-state index in [-0.39, 0.29) is 17.5 Å². The Kier molecular flexibility index (Phi) is 6.09. The van der Waals surface area contributed by atoms with Gasteiger partial charge < -0.3 is 4.74 Å². The minimum absolute atomic E-state index is 0.153. The van der Waals surface area contributed by atoms with Crippen LogP contribution in [0, 0.1) is 5.41 Å². The molecule has 0 rings (SSSR count). The monoisotopic (exact) mass is 224 g/mol. The number of carbonyl (C=O) groups excluding carboxylic acids is 1. The Labute approximate surface area is 99.4 Å². The quantitative estimate of drug-likeness (QED) is 0.523. The third kappa shape index (κ3) is 9.50. The predicted molar refractivity (Wildman–Crippen MR) is 68.2 cm³/mol. The van der Waals surface area contributed by atoms with Crippen molar-refractivity contribution in [2.24, 2.45) is 5.41 Å². The van der Waals surface area contributed by atoms with E-state index in [2.05, 4.69) is 27.4 Å². The molecule has 2 heteroatoms. The first-order valence-electron chi connectivity index (χ1n) is 5.71. The molecule has 0 radical (unpaired) electrons. The summed E-state index contributed by atoms with van der Waals surface area (Å²) in [5.41, 5.74) is 1.49. The van der Waals surface area contributed by atoms with Crippen molar-refractivity contribution in [3.8, 4) is 0 Å². The molecule has 2 nitrogen and oxygen atoms in total. The average molecular weight is 224 g/mol. The SMILES string of the molecule is C=C(C/C=C/C(C)OC(C)=O)CC(C)(C)C. The highest BCUT2D eigenvalue weighted by Crippen LogP contribution is 2.24. The maximum Gasteiger partial charge on any atom is 0.303 e. The molecule has 16 heavy (non-hydrogen) atoms. The lowest BCUT2D eigenvalue weighted by atomic mass is 9.87. The van der Waals surface area contributed by atoms with Crippen LogP contribution in [0.1, 0.15) is 47.5 Å². The highest BCUT2D eigenvalue weighted by Gasteiger charge is 2.10. The third-order valence-electron chi connectivity index (χ3n) is 1.95. The van der Waals surface area contributed by atoms with Crippen LogP contribution in [0.3, 0.4) is 0 Å². The zero-order valence-electron chi connectivity index (χ0n) is 11.2. The summed E-state index contributed by atoms with van der Waals surface area (Å²) in [6.45, 7) is 13.9. The van der Waals surface area contributed by atoms with Crippen molar-refractivity contribution in [2.45, 2.75) is 53.6 Å². The van der Waals surface area contributed by atoms with Crippen LogP contribution in [0.25, 0.3) is 0 Å². The third-order valence-corrected chi connectivity index (χ3v) is 1.95. The Hall–Kier alpha value is -1.05. The highest BCUT2D eigenvalue weighted by molar-refractivity contribution is 5.66. The molecule has 1 unspecified atom stereocenters. The topological polar surface area (TPSA) is 26.3 Å². The molecule has 0 aromatic heterocycles. The summed E-state index contributed by atoms with van der Waals surface area (Å²) in [4.78, 5) is 10.7. The summed E-state index contributed by atoms with van der Waals surface area (Å²) >= 11 is 0. The van der Waals surface area contributed by atoms with Crippen LogP contribution >= 0.6 is 0 Å². The first-order chi connectivity index (χ1) is 7.20. The number of esters is 1. The number of hydrogen-bond donors (Lipinski definition) is 0. The minimum atomic E-state index is -0.245. The first kappa shape index (κ1) is 14.9. The molecule has 1 atom stereocenters. The molecule has 0 heterocycles. The zero-order valence-corrected chi connectivity index (χ0v) is 11.2. The first-order valence-corrected chi connectivity index (χ1v) is 5.71. The fourth-order valence-electron chi connectivity index (χ4n) is 1.55. The molecule has 0 saturated carbocycles. The second-order valence-electron chi connectivity index (χ2n) is 5.43. The Balaban J connectivity index is 3.91.